The summed E-state index contributed by atoms with van der Waals surface area (Å²) in [6.07, 6.45) is 1.79. The summed E-state index contributed by atoms with van der Waals surface area (Å²) in [6.45, 7) is 0.584. The van der Waals surface area contributed by atoms with Gasteiger partial charge in [0.25, 0.3) is 5.91 Å². The van der Waals surface area contributed by atoms with Crippen molar-refractivity contribution in [3.8, 4) is 0 Å². The summed E-state index contributed by atoms with van der Waals surface area (Å²) in [4.78, 5) is 26.6. The summed E-state index contributed by atoms with van der Waals surface area (Å²) in [5.74, 6) is -2.65. The molecule has 2 heterocycles. The number of aliphatic hydroxyl groups is 1. The molecule has 1 N–H and O–H groups in total. The van der Waals surface area contributed by atoms with E-state index in [2.05, 4.69) is 0 Å². The van der Waals surface area contributed by atoms with Gasteiger partial charge in [0.1, 0.15) is 5.82 Å². The zero-order chi connectivity index (χ0) is 18.7. The van der Waals surface area contributed by atoms with Crippen LogP contribution in [0, 0.1) is 5.82 Å². The number of aliphatic hydroxyl groups excluding tert-OH is 1. The van der Waals surface area contributed by atoms with Crippen LogP contribution in [0.2, 0.25) is 0 Å². The lowest BCUT2D eigenvalue weighted by Crippen LogP contribution is -2.33. The Labute approximate surface area is 149 Å². The number of ketones is 1. The van der Waals surface area contributed by atoms with Crippen molar-refractivity contribution in [2.45, 2.75) is 12.5 Å². The fourth-order valence-electron chi connectivity index (χ4n) is 3.06. The molecule has 0 radical (unpaired) electrons. The fraction of sp³-hybridized carbons (Fsp3) is 0.263. The zero-order valence-corrected chi connectivity index (χ0v) is 14.1. The number of Topliss-reactive ketones (excluding diaryl/α,β-unsaturated/α-hetero) is 1. The third kappa shape index (κ3) is 3.13. The lowest BCUT2D eigenvalue weighted by Gasteiger charge is -2.26. The minimum atomic E-state index is -1.03. The molecule has 0 saturated heterocycles. The normalized spacial score (nSPS) is 17.2. The van der Waals surface area contributed by atoms with Crippen molar-refractivity contribution in [3.63, 3.8) is 0 Å². The number of nitrogens with zero attached hydrogens (tertiary/aromatic N) is 1. The van der Waals surface area contributed by atoms with E-state index in [1.807, 2.05) is 0 Å². The van der Waals surface area contributed by atoms with E-state index in [9.17, 15) is 19.1 Å². The zero-order valence-electron chi connectivity index (χ0n) is 14.1. The van der Waals surface area contributed by atoms with Crippen molar-refractivity contribution in [3.05, 3.63) is 71.1 Å². The van der Waals surface area contributed by atoms with Crippen LogP contribution in [0.25, 0.3) is 0 Å². The number of ether oxygens (including phenoxy) is 1. The van der Waals surface area contributed by atoms with Crippen LogP contribution >= 0.6 is 0 Å². The quantitative estimate of drug-likeness (QED) is 0.607. The number of hydrogen-bond acceptors (Lipinski definition) is 5. The standard InChI is InChI=1S/C19H18FNO5/c1-25-10-5-9-21-16(12-6-2-3-7-13(12)20)15(18(23)19(21)24)17(22)14-8-4-11-26-14/h2-4,6-8,11,16,23H,5,9-10H2,1H3/t16-/m0/s1. The van der Waals surface area contributed by atoms with Crippen LogP contribution in [0.3, 0.4) is 0 Å². The third-order valence-electron chi connectivity index (χ3n) is 4.24. The highest BCUT2D eigenvalue weighted by Gasteiger charge is 2.45. The highest BCUT2D eigenvalue weighted by atomic mass is 19.1. The number of benzene rings is 1. The molecule has 0 fully saturated rings. The molecule has 1 amide bonds. The van der Waals surface area contributed by atoms with Gasteiger partial charge < -0.3 is 19.2 Å². The Morgan fingerprint density at radius 1 is 1.31 bits per heavy atom. The second-order valence-corrected chi connectivity index (χ2v) is 5.84. The van der Waals surface area contributed by atoms with E-state index in [0.29, 0.717) is 13.0 Å². The molecule has 1 atom stereocenters. The van der Waals surface area contributed by atoms with Gasteiger partial charge in [0.15, 0.2) is 11.5 Å². The third-order valence-corrected chi connectivity index (χ3v) is 4.24. The maximum Gasteiger partial charge on any atom is 0.290 e. The maximum absolute atomic E-state index is 14.4. The first-order valence-corrected chi connectivity index (χ1v) is 8.12. The van der Waals surface area contributed by atoms with E-state index >= 15 is 0 Å². The molecule has 1 aromatic heterocycles. The van der Waals surface area contributed by atoms with Crippen molar-refractivity contribution in [1.29, 1.82) is 0 Å². The molecule has 3 rings (SSSR count). The highest BCUT2D eigenvalue weighted by Crippen LogP contribution is 2.39. The molecule has 26 heavy (non-hydrogen) atoms. The predicted molar refractivity (Wildman–Crippen MR) is 90.0 cm³/mol. The largest absolute Gasteiger partial charge is 0.503 e. The highest BCUT2D eigenvalue weighted by molar-refractivity contribution is 6.15. The number of hydrogen-bond donors (Lipinski definition) is 1. The first-order chi connectivity index (χ1) is 12.6. The second kappa shape index (κ2) is 7.53. The lowest BCUT2D eigenvalue weighted by atomic mass is 9.94. The molecular weight excluding hydrogens is 341 g/mol. The number of amides is 1. The smallest absolute Gasteiger partial charge is 0.290 e. The van der Waals surface area contributed by atoms with E-state index in [1.165, 1.54) is 48.6 Å². The maximum atomic E-state index is 14.4. The van der Waals surface area contributed by atoms with Gasteiger partial charge in [-0.25, -0.2) is 4.39 Å². The van der Waals surface area contributed by atoms with E-state index < -0.39 is 29.3 Å². The van der Waals surface area contributed by atoms with E-state index in [-0.39, 0.29) is 23.4 Å². The van der Waals surface area contributed by atoms with Crippen molar-refractivity contribution in [2.24, 2.45) is 0 Å². The molecule has 136 valence electrons. The molecule has 1 aliphatic rings. The number of carbonyl (C=O) groups is 2. The molecule has 1 aromatic carbocycles. The summed E-state index contributed by atoms with van der Waals surface area (Å²) in [5, 5.41) is 10.3. The summed E-state index contributed by atoms with van der Waals surface area (Å²) >= 11 is 0. The van der Waals surface area contributed by atoms with Gasteiger partial charge in [0.2, 0.25) is 5.78 Å². The van der Waals surface area contributed by atoms with E-state index in [4.69, 9.17) is 9.15 Å². The molecule has 0 saturated carbocycles. The minimum absolute atomic E-state index is 0.0283. The average molecular weight is 359 g/mol. The van der Waals surface area contributed by atoms with E-state index in [0.717, 1.165) is 0 Å². The molecule has 1 aliphatic heterocycles. The van der Waals surface area contributed by atoms with Crippen LogP contribution < -0.4 is 0 Å². The predicted octanol–water partition coefficient (Wildman–Crippen LogP) is 3.03. The number of methoxy groups -OCH3 is 1. The van der Waals surface area contributed by atoms with Crippen LogP contribution in [0.4, 0.5) is 4.39 Å². The Hall–Kier alpha value is -2.93. The summed E-state index contributed by atoms with van der Waals surface area (Å²) in [5.41, 5.74) is -0.0512. The SMILES string of the molecule is COCCCN1C(=O)C(O)=C(C(=O)c2ccco2)[C@@H]1c1ccccc1F. The van der Waals surface area contributed by atoms with Crippen molar-refractivity contribution in [2.75, 3.05) is 20.3 Å². The van der Waals surface area contributed by atoms with E-state index in [1.54, 1.807) is 6.07 Å². The van der Waals surface area contributed by atoms with Gasteiger partial charge in [0.05, 0.1) is 17.9 Å². The van der Waals surface area contributed by atoms with Crippen molar-refractivity contribution in [1.82, 2.24) is 4.90 Å². The van der Waals surface area contributed by atoms with Crippen LogP contribution in [0.5, 0.6) is 0 Å². The minimum Gasteiger partial charge on any atom is -0.503 e. The number of rotatable bonds is 7. The fourth-order valence-corrected chi connectivity index (χ4v) is 3.06. The monoisotopic (exact) mass is 359 g/mol. The van der Waals surface area contributed by atoms with Gasteiger partial charge in [-0.3, -0.25) is 9.59 Å². The molecule has 0 aliphatic carbocycles. The first kappa shape index (κ1) is 17.9. The van der Waals surface area contributed by atoms with Crippen LogP contribution in [-0.2, 0) is 9.53 Å². The molecular formula is C19H18FNO5. The molecule has 0 bridgehead atoms. The summed E-state index contributed by atoms with van der Waals surface area (Å²) in [6, 6.07) is 7.79. The van der Waals surface area contributed by atoms with Gasteiger partial charge in [-0.15, -0.1) is 0 Å². The first-order valence-electron chi connectivity index (χ1n) is 8.12. The van der Waals surface area contributed by atoms with Gasteiger partial charge in [-0.1, -0.05) is 18.2 Å². The Bertz CT molecular complexity index is 843. The van der Waals surface area contributed by atoms with Crippen LogP contribution in [-0.4, -0.2) is 42.0 Å². The topological polar surface area (TPSA) is 80.0 Å². The van der Waals surface area contributed by atoms with Crippen molar-refractivity contribution >= 4 is 11.7 Å². The van der Waals surface area contributed by atoms with Gasteiger partial charge in [-0.05, 0) is 24.6 Å². The molecule has 2 aromatic rings. The Kier molecular flexibility index (Phi) is 5.18. The van der Waals surface area contributed by atoms with Gasteiger partial charge in [0, 0.05) is 25.8 Å². The van der Waals surface area contributed by atoms with Gasteiger partial charge >= 0.3 is 0 Å². The molecule has 0 unspecified atom stereocenters. The molecule has 6 nitrogen and oxygen atoms in total. The van der Waals surface area contributed by atoms with Gasteiger partial charge in [-0.2, -0.15) is 0 Å². The average Bonchev–Trinajstić information content (AvgIpc) is 3.25. The lowest BCUT2D eigenvalue weighted by molar-refractivity contribution is -0.129. The Morgan fingerprint density at radius 3 is 2.73 bits per heavy atom. The summed E-state index contributed by atoms with van der Waals surface area (Å²) in [7, 11) is 1.53. The number of furan rings is 1. The Balaban J connectivity index is 2.05. The van der Waals surface area contributed by atoms with Crippen molar-refractivity contribution < 1.29 is 28.2 Å². The number of halogens is 1. The second-order valence-electron chi connectivity index (χ2n) is 5.84. The van der Waals surface area contributed by atoms with Crippen LogP contribution in [0.15, 0.2) is 58.4 Å². The van der Waals surface area contributed by atoms with Crippen LogP contribution in [0.1, 0.15) is 28.6 Å². The summed E-state index contributed by atoms with van der Waals surface area (Å²) < 4.78 is 24.5. The molecule has 0 spiro atoms. The Morgan fingerprint density at radius 2 is 2.08 bits per heavy atom. The molecule has 7 heteroatoms. The number of carbonyl (C=O) groups excluding carboxylic acids is 2.